The molecule has 0 fully saturated rings. The fourth-order valence-corrected chi connectivity index (χ4v) is 2.63. The van der Waals surface area contributed by atoms with Gasteiger partial charge in [0.15, 0.2) is 5.69 Å². The van der Waals surface area contributed by atoms with Gasteiger partial charge in [0.1, 0.15) is 0 Å². The van der Waals surface area contributed by atoms with Gasteiger partial charge in [0.05, 0.1) is 17.4 Å². The van der Waals surface area contributed by atoms with Gasteiger partial charge in [-0.2, -0.15) is 18.3 Å². The van der Waals surface area contributed by atoms with Crippen LogP contribution in [-0.4, -0.2) is 21.7 Å². The molecule has 1 unspecified atom stereocenters. The lowest BCUT2D eigenvalue weighted by Gasteiger charge is -2.16. The Balaban J connectivity index is 2.31. The van der Waals surface area contributed by atoms with Gasteiger partial charge in [-0.15, -0.1) is 0 Å². The van der Waals surface area contributed by atoms with E-state index in [0.717, 1.165) is 22.9 Å². The van der Waals surface area contributed by atoms with E-state index in [1.54, 1.807) is 31.2 Å². The highest BCUT2D eigenvalue weighted by Crippen LogP contribution is 2.33. The van der Waals surface area contributed by atoms with Crippen molar-refractivity contribution in [1.29, 1.82) is 0 Å². The van der Waals surface area contributed by atoms with Gasteiger partial charge in [-0.3, -0.25) is 4.79 Å². The Bertz CT molecular complexity index is 748. The van der Waals surface area contributed by atoms with Gasteiger partial charge in [-0.25, -0.2) is 4.68 Å². The second kappa shape index (κ2) is 7.93. The van der Waals surface area contributed by atoms with E-state index < -0.39 is 23.3 Å². The quantitative estimate of drug-likeness (QED) is 0.801. The maximum atomic E-state index is 13.6. The summed E-state index contributed by atoms with van der Waals surface area (Å²) in [6.07, 6.45) is -2.13. The summed E-state index contributed by atoms with van der Waals surface area (Å²) in [7, 11) is 0. The van der Waals surface area contributed by atoms with Crippen molar-refractivity contribution < 1.29 is 18.0 Å². The maximum Gasteiger partial charge on any atom is 0.434 e. The van der Waals surface area contributed by atoms with Crippen LogP contribution in [0.2, 0.25) is 0 Å². The fraction of sp³-hybridized carbons (Fsp3) is 0.474. The van der Waals surface area contributed by atoms with E-state index in [4.69, 9.17) is 0 Å². The van der Waals surface area contributed by atoms with Crippen LogP contribution in [0.25, 0.3) is 5.69 Å². The van der Waals surface area contributed by atoms with Crippen LogP contribution in [0.3, 0.4) is 0 Å². The van der Waals surface area contributed by atoms with E-state index in [-0.39, 0.29) is 11.7 Å². The zero-order chi connectivity index (χ0) is 19.5. The van der Waals surface area contributed by atoms with E-state index in [9.17, 15) is 18.0 Å². The molecule has 1 aromatic heterocycles. The number of carbonyl (C=O) groups is 1. The first kappa shape index (κ1) is 20.0. The summed E-state index contributed by atoms with van der Waals surface area (Å²) < 4.78 is 41.6. The van der Waals surface area contributed by atoms with Crippen LogP contribution in [0.5, 0.6) is 0 Å². The number of nitrogens with zero attached hydrogens (tertiary/aromatic N) is 2. The molecule has 1 aromatic carbocycles. The van der Waals surface area contributed by atoms with Gasteiger partial charge < -0.3 is 5.32 Å². The summed E-state index contributed by atoms with van der Waals surface area (Å²) in [6, 6.07) is 6.28. The van der Waals surface area contributed by atoms with E-state index >= 15 is 0 Å². The molecular formula is C19H24F3N3O. The summed E-state index contributed by atoms with van der Waals surface area (Å²) >= 11 is 0. The Hall–Kier alpha value is -2.31. The highest BCUT2D eigenvalue weighted by molar-refractivity contribution is 5.95. The molecule has 0 saturated heterocycles. The summed E-state index contributed by atoms with van der Waals surface area (Å²) in [5, 5.41) is 6.47. The number of aromatic nitrogens is 2. The molecule has 142 valence electrons. The van der Waals surface area contributed by atoms with Gasteiger partial charge in [0.25, 0.3) is 5.91 Å². The van der Waals surface area contributed by atoms with Crippen molar-refractivity contribution in [3.05, 3.63) is 47.3 Å². The van der Waals surface area contributed by atoms with Crippen LogP contribution in [0.1, 0.15) is 55.2 Å². The van der Waals surface area contributed by atoms with Gasteiger partial charge in [0, 0.05) is 6.04 Å². The Morgan fingerprint density at radius 1 is 1.15 bits per heavy atom. The summed E-state index contributed by atoms with van der Waals surface area (Å²) in [4.78, 5) is 12.4. The Morgan fingerprint density at radius 2 is 1.77 bits per heavy atom. The third-order valence-corrected chi connectivity index (χ3v) is 4.12. The molecule has 0 radical (unpaired) electrons. The van der Waals surface area contributed by atoms with Crippen LogP contribution in [-0.2, 0) is 6.18 Å². The van der Waals surface area contributed by atoms with Crippen LogP contribution < -0.4 is 5.32 Å². The number of nitrogens with one attached hydrogen (secondary N) is 1. The van der Waals surface area contributed by atoms with Crippen LogP contribution in [0.4, 0.5) is 13.2 Å². The van der Waals surface area contributed by atoms with Gasteiger partial charge in [-0.05, 0) is 44.7 Å². The number of alkyl halides is 3. The van der Waals surface area contributed by atoms with Gasteiger partial charge >= 0.3 is 6.18 Å². The van der Waals surface area contributed by atoms with E-state index in [0.29, 0.717) is 12.3 Å². The van der Waals surface area contributed by atoms with Crippen molar-refractivity contribution in [3.63, 3.8) is 0 Å². The number of halogens is 3. The van der Waals surface area contributed by atoms with Gasteiger partial charge in [-0.1, -0.05) is 31.5 Å². The smallest absolute Gasteiger partial charge is 0.349 e. The van der Waals surface area contributed by atoms with E-state index in [1.165, 1.54) is 0 Å². The fourth-order valence-electron chi connectivity index (χ4n) is 2.63. The van der Waals surface area contributed by atoms with Gasteiger partial charge in [0.2, 0.25) is 0 Å². The second-order valence-electron chi connectivity index (χ2n) is 7.00. The lowest BCUT2D eigenvalue weighted by atomic mass is 10.0. The molecule has 0 aliphatic carbocycles. The Morgan fingerprint density at radius 3 is 2.31 bits per heavy atom. The number of hydrogen-bond acceptors (Lipinski definition) is 2. The van der Waals surface area contributed by atoms with E-state index in [2.05, 4.69) is 24.3 Å². The van der Waals surface area contributed by atoms with Crippen molar-refractivity contribution in [1.82, 2.24) is 15.1 Å². The van der Waals surface area contributed by atoms with Crippen molar-refractivity contribution in [3.8, 4) is 5.69 Å². The molecule has 0 saturated carbocycles. The number of carbonyl (C=O) groups excluding carboxylic acids is 1. The molecule has 4 nitrogen and oxygen atoms in total. The molecular weight excluding hydrogens is 343 g/mol. The third-order valence-electron chi connectivity index (χ3n) is 4.12. The second-order valence-corrected chi connectivity index (χ2v) is 7.00. The van der Waals surface area contributed by atoms with Crippen LogP contribution in [0, 0.1) is 12.8 Å². The van der Waals surface area contributed by atoms with Crippen molar-refractivity contribution >= 4 is 5.91 Å². The molecule has 0 aliphatic rings. The van der Waals surface area contributed by atoms with Crippen molar-refractivity contribution in [2.24, 2.45) is 5.92 Å². The highest BCUT2D eigenvalue weighted by Gasteiger charge is 2.40. The largest absolute Gasteiger partial charge is 0.434 e. The third kappa shape index (κ3) is 4.86. The normalized spacial score (nSPS) is 13.1. The average Bonchev–Trinajstić information content (AvgIpc) is 2.99. The number of rotatable bonds is 6. The summed E-state index contributed by atoms with van der Waals surface area (Å²) in [5.41, 5.74) is -0.342. The molecule has 7 heteroatoms. The first-order valence-electron chi connectivity index (χ1n) is 8.62. The molecule has 1 amide bonds. The maximum absolute atomic E-state index is 13.6. The number of benzene rings is 1. The number of hydrogen-bond donors (Lipinski definition) is 1. The predicted octanol–water partition coefficient (Wildman–Crippen LogP) is 4.75. The van der Waals surface area contributed by atoms with Crippen molar-refractivity contribution in [2.75, 3.05) is 0 Å². The zero-order valence-corrected chi connectivity index (χ0v) is 15.4. The molecule has 2 aromatic rings. The van der Waals surface area contributed by atoms with Crippen molar-refractivity contribution in [2.45, 2.75) is 52.8 Å². The Labute approximate surface area is 151 Å². The minimum atomic E-state index is -4.70. The minimum Gasteiger partial charge on any atom is -0.349 e. The number of aryl methyl sites for hydroxylation is 1. The molecule has 0 bridgehead atoms. The molecule has 0 spiro atoms. The summed E-state index contributed by atoms with van der Waals surface area (Å²) in [6.45, 7) is 7.75. The predicted molar refractivity (Wildman–Crippen MR) is 94.3 cm³/mol. The topological polar surface area (TPSA) is 46.9 Å². The lowest BCUT2D eigenvalue weighted by Crippen LogP contribution is -2.34. The molecule has 1 heterocycles. The SMILES string of the molecule is Cc1ccc(-n2ncc(C(=O)NC(C)CCC(C)C)c2C(F)(F)F)cc1. The number of amides is 1. The van der Waals surface area contributed by atoms with Crippen LogP contribution in [0.15, 0.2) is 30.5 Å². The van der Waals surface area contributed by atoms with Crippen LogP contribution >= 0.6 is 0 Å². The lowest BCUT2D eigenvalue weighted by molar-refractivity contribution is -0.143. The first-order chi connectivity index (χ1) is 12.1. The standard InChI is InChI=1S/C19H24F3N3O/c1-12(2)5-8-14(4)24-18(26)16-11-23-25(17(16)19(20,21)22)15-9-6-13(3)7-10-15/h6-7,9-12,14H,5,8H2,1-4H3,(H,24,26). The molecule has 1 atom stereocenters. The average molecular weight is 367 g/mol. The monoisotopic (exact) mass is 367 g/mol. The first-order valence-corrected chi connectivity index (χ1v) is 8.62. The molecule has 1 N–H and O–H groups in total. The zero-order valence-electron chi connectivity index (χ0n) is 15.4. The van der Waals surface area contributed by atoms with E-state index in [1.807, 2.05) is 6.92 Å². The highest BCUT2D eigenvalue weighted by atomic mass is 19.4. The summed E-state index contributed by atoms with van der Waals surface area (Å²) in [5.74, 6) is -0.295. The molecule has 26 heavy (non-hydrogen) atoms. The molecule has 0 aliphatic heterocycles. The minimum absolute atomic E-state index is 0.214. The Kier molecular flexibility index (Phi) is 6.10. The molecule has 2 rings (SSSR count).